The molecule has 1 aliphatic rings. The van der Waals surface area contributed by atoms with Crippen LogP contribution in [0.1, 0.15) is 18.4 Å². The number of hydrogen-bond acceptors (Lipinski definition) is 6. The normalized spacial score (nSPS) is 16.9. The standard InChI is InChI=1S/C20H23N5O2S/c1-27-17-7-2-5-15(11-17)12-19(26)24-9-3-6-16(13-24)14-25-22-20(21-23-25)18-8-4-10-28-18/h2,4-5,7-8,10-11,16H,3,6,9,12-14H2,1H3/t16-/m1/s1. The van der Waals surface area contributed by atoms with E-state index in [0.717, 1.165) is 42.1 Å². The number of nitrogens with zero attached hydrogens (tertiary/aromatic N) is 5. The molecule has 0 aliphatic carbocycles. The molecule has 8 heteroatoms. The number of carbonyl (C=O) groups excluding carboxylic acids is 1. The Morgan fingerprint density at radius 1 is 1.32 bits per heavy atom. The summed E-state index contributed by atoms with van der Waals surface area (Å²) in [5, 5.41) is 14.8. The van der Waals surface area contributed by atoms with Crippen LogP contribution in [-0.2, 0) is 17.8 Å². The van der Waals surface area contributed by atoms with Gasteiger partial charge in [0.15, 0.2) is 0 Å². The van der Waals surface area contributed by atoms with Crippen LogP contribution in [0.3, 0.4) is 0 Å². The van der Waals surface area contributed by atoms with E-state index in [2.05, 4.69) is 15.4 Å². The second-order valence-electron chi connectivity index (χ2n) is 7.02. The summed E-state index contributed by atoms with van der Waals surface area (Å²) in [5.74, 6) is 1.94. The van der Waals surface area contributed by atoms with E-state index in [1.54, 1.807) is 23.2 Å². The third-order valence-electron chi connectivity index (χ3n) is 4.98. The van der Waals surface area contributed by atoms with Gasteiger partial charge in [-0.15, -0.1) is 21.5 Å². The first kappa shape index (κ1) is 18.6. The minimum atomic E-state index is 0.156. The minimum absolute atomic E-state index is 0.156. The quantitative estimate of drug-likeness (QED) is 0.639. The zero-order valence-electron chi connectivity index (χ0n) is 15.8. The van der Waals surface area contributed by atoms with Gasteiger partial charge in [0, 0.05) is 13.1 Å². The van der Waals surface area contributed by atoms with Crippen molar-refractivity contribution in [1.82, 2.24) is 25.1 Å². The number of benzene rings is 1. The van der Waals surface area contributed by atoms with Crippen molar-refractivity contribution in [2.45, 2.75) is 25.8 Å². The van der Waals surface area contributed by atoms with Crippen LogP contribution in [0.25, 0.3) is 10.7 Å². The van der Waals surface area contributed by atoms with Crippen LogP contribution in [0.5, 0.6) is 5.75 Å². The fourth-order valence-corrected chi connectivity index (χ4v) is 4.21. The van der Waals surface area contributed by atoms with Crippen molar-refractivity contribution in [2.75, 3.05) is 20.2 Å². The van der Waals surface area contributed by atoms with E-state index in [1.807, 2.05) is 46.7 Å². The van der Waals surface area contributed by atoms with Gasteiger partial charge in [-0.05, 0) is 53.1 Å². The number of amides is 1. The molecule has 0 radical (unpaired) electrons. The van der Waals surface area contributed by atoms with Crippen LogP contribution >= 0.6 is 11.3 Å². The van der Waals surface area contributed by atoms with E-state index >= 15 is 0 Å². The van der Waals surface area contributed by atoms with Gasteiger partial charge in [0.1, 0.15) is 5.75 Å². The molecule has 0 spiro atoms. The number of tetrazole rings is 1. The van der Waals surface area contributed by atoms with Gasteiger partial charge >= 0.3 is 0 Å². The third-order valence-corrected chi connectivity index (χ3v) is 5.84. The van der Waals surface area contributed by atoms with E-state index in [1.165, 1.54) is 0 Å². The predicted octanol–water partition coefficient (Wildman–Crippen LogP) is 2.89. The van der Waals surface area contributed by atoms with E-state index in [4.69, 9.17) is 4.74 Å². The average molecular weight is 398 g/mol. The van der Waals surface area contributed by atoms with Gasteiger partial charge < -0.3 is 9.64 Å². The maximum absolute atomic E-state index is 12.8. The smallest absolute Gasteiger partial charge is 0.227 e. The lowest BCUT2D eigenvalue weighted by Gasteiger charge is -2.32. The molecular formula is C20H23N5O2S. The molecule has 7 nitrogen and oxygen atoms in total. The molecule has 1 aromatic carbocycles. The molecule has 0 bridgehead atoms. The van der Waals surface area contributed by atoms with Crippen LogP contribution in [0.4, 0.5) is 0 Å². The van der Waals surface area contributed by atoms with Crippen molar-refractivity contribution in [3.8, 4) is 16.5 Å². The summed E-state index contributed by atoms with van der Waals surface area (Å²) in [6.45, 7) is 2.23. The van der Waals surface area contributed by atoms with Gasteiger partial charge in [-0.2, -0.15) is 4.80 Å². The second kappa shape index (κ2) is 8.52. The lowest BCUT2D eigenvalue weighted by Crippen LogP contribution is -2.42. The molecule has 1 amide bonds. The van der Waals surface area contributed by atoms with Crippen molar-refractivity contribution < 1.29 is 9.53 Å². The summed E-state index contributed by atoms with van der Waals surface area (Å²) in [6.07, 6.45) is 2.47. The SMILES string of the molecule is COc1cccc(CC(=O)N2CCC[C@@H](Cn3nnc(-c4cccs4)n3)C2)c1. The van der Waals surface area contributed by atoms with Crippen LogP contribution in [0, 0.1) is 5.92 Å². The first-order valence-electron chi connectivity index (χ1n) is 9.43. The number of likely N-dealkylation sites (tertiary alicyclic amines) is 1. The molecule has 28 heavy (non-hydrogen) atoms. The summed E-state index contributed by atoms with van der Waals surface area (Å²) in [7, 11) is 1.64. The van der Waals surface area contributed by atoms with Gasteiger partial charge in [0.05, 0.1) is 25.0 Å². The molecule has 1 atom stereocenters. The predicted molar refractivity (Wildman–Crippen MR) is 107 cm³/mol. The van der Waals surface area contributed by atoms with Gasteiger partial charge in [-0.1, -0.05) is 18.2 Å². The van der Waals surface area contributed by atoms with Gasteiger partial charge in [0.2, 0.25) is 11.7 Å². The zero-order valence-corrected chi connectivity index (χ0v) is 16.6. The van der Waals surface area contributed by atoms with Crippen molar-refractivity contribution in [2.24, 2.45) is 5.92 Å². The first-order chi connectivity index (χ1) is 13.7. The number of hydrogen-bond donors (Lipinski definition) is 0. The average Bonchev–Trinajstić information content (AvgIpc) is 3.40. The summed E-state index contributed by atoms with van der Waals surface area (Å²) in [5.41, 5.74) is 0.977. The molecule has 1 saturated heterocycles. The third kappa shape index (κ3) is 4.39. The lowest BCUT2D eigenvalue weighted by atomic mass is 9.97. The molecule has 0 saturated carbocycles. The zero-order chi connectivity index (χ0) is 19.3. The fraction of sp³-hybridized carbons (Fsp3) is 0.400. The van der Waals surface area contributed by atoms with Gasteiger partial charge in [-0.25, -0.2) is 0 Å². The summed E-state index contributed by atoms with van der Waals surface area (Å²) in [4.78, 5) is 17.4. The Morgan fingerprint density at radius 2 is 2.25 bits per heavy atom. The summed E-state index contributed by atoms with van der Waals surface area (Å²) >= 11 is 1.60. The highest BCUT2D eigenvalue weighted by molar-refractivity contribution is 7.13. The van der Waals surface area contributed by atoms with Gasteiger partial charge in [-0.3, -0.25) is 4.79 Å². The van der Waals surface area contributed by atoms with E-state index in [0.29, 0.717) is 24.7 Å². The number of carbonyl (C=O) groups is 1. The van der Waals surface area contributed by atoms with Crippen LogP contribution in [0.2, 0.25) is 0 Å². The van der Waals surface area contributed by atoms with Crippen LogP contribution in [0.15, 0.2) is 41.8 Å². The molecule has 0 N–H and O–H groups in total. The van der Waals surface area contributed by atoms with Crippen molar-refractivity contribution in [3.63, 3.8) is 0 Å². The van der Waals surface area contributed by atoms with E-state index < -0.39 is 0 Å². The molecule has 146 valence electrons. The number of piperidine rings is 1. The molecule has 4 rings (SSSR count). The Hall–Kier alpha value is -2.74. The molecule has 3 aromatic rings. The molecule has 3 heterocycles. The molecule has 2 aromatic heterocycles. The first-order valence-corrected chi connectivity index (χ1v) is 10.3. The monoisotopic (exact) mass is 397 g/mol. The Morgan fingerprint density at radius 3 is 3.07 bits per heavy atom. The largest absolute Gasteiger partial charge is 0.497 e. The Bertz CT molecular complexity index is 924. The maximum Gasteiger partial charge on any atom is 0.227 e. The second-order valence-corrected chi connectivity index (χ2v) is 7.97. The number of rotatable bonds is 6. The van der Waals surface area contributed by atoms with Crippen LogP contribution in [-0.4, -0.2) is 51.2 Å². The van der Waals surface area contributed by atoms with E-state index in [9.17, 15) is 4.79 Å². The number of thiophene rings is 1. The number of ether oxygens (including phenoxy) is 1. The Balaban J connectivity index is 1.35. The van der Waals surface area contributed by atoms with Crippen molar-refractivity contribution >= 4 is 17.2 Å². The van der Waals surface area contributed by atoms with Crippen molar-refractivity contribution in [1.29, 1.82) is 0 Å². The topological polar surface area (TPSA) is 73.1 Å². The number of aromatic nitrogens is 4. The Labute approximate surface area is 167 Å². The minimum Gasteiger partial charge on any atom is -0.497 e. The highest BCUT2D eigenvalue weighted by atomic mass is 32.1. The lowest BCUT2D eigenvalue weighted by molar-refractivity contribution is -0.132. The summed E-state index contributed by atoms with van der Waals surface area (Å²) < 4.78 is 5.25. The maximum atomic E-state index is 12.8. The van der Waals surface area contributed by atoms with Crippen LogP contribution < -0.4 is 4.74 Å². The highest BCUT2D eigenvalue weighted by Crippen LogP contribution is 2.22. The van der Waals surface area contributed by atoms with Gasteiger partial charge in [0.25, 0.3) is 0 Å². The van der Waals surface area contributed by atoms with E-state index in [-0.39, 0.29) is 5.91 Å². The molecule has 1 aliphatic heterocycles. The fourth-order valence-electron chi connectivity index (χ4n) is 3.57. The number of methoxy groups -OCH3 is 1. The molecule has 1 fully saturated rings. The highest BCUT2D eigenvalue weighted by Gasteiger charge is 2.25. The van der Waals surface area contributed by atoms with Crippen molar-refractivity contribution in [3.05, 3.63) is 47.3 Å². The Kier molecular flexibility index (Phi) is 5.66. The molecule has 0 unspecified atom stereocenters. The molecular weight excluding hydrogens is 374 g/mol. The summed E-state index contributed by atoms with van der Waals surface area (Å²) in [6, 6.07) is 11.7.